The van der Waals surface area contributed by atoms with Crippen molar-refractivity contribution >= 4 is 17.9 Å². The number of carbonyl (C=O) groups excluding carboxylic acids is 2. The monoisotopic (exact) mass is 398 g/mol. The zero-order valence-corrected chi connectivity index (χ0v) is 16.5. The van der Waals surface area contributed by atoms with E-state index in [0.717, 1.165) is 29.5 Å². The lowest BCUT2D eigenvalue weighted by Gasteiger charge is -2.31. The third-order valence-corrected chi connectivity index (χ3v) is 5.84. The first-order chi connectivity index (χ1) is 14.7. The van der Waals surface area contributed by atoms with Gasteiger partial charge in [0.1, 0.15) is 12.3 Å². The number of fused-ring (bicyclic) bond motifs is 2. The maximum absolute atomic E-state index is 13.1. The van der Waals surface area contributed by atoms with Crippen molar-refractivity contribution in [2.24, 2.45) is 0 Å². The Balaban J connectivity index is 1.39. The molecule has 1 atom stereocenters. The van der Waals surface area contributed by atoms with Gasteiger partial charge in [-0.25, -0.2) is 0 Å². The number of ether oxygens (including phenoxy) is 1. The van der Waals surface area contributed by atoms with Crippen LogP contribution in [0.1, 0.15) is 11.1 Å². The van der Waals surface area contributed by atoms with E-state index >= 15 is 0 Å². The van der Waals surface area contributed by atoms with Gasteiger partial charge in [0, 0.05) is 13.1 Å². The van der Waals surface area contributed by atoms with Crippen molar-refractivity contribution in [1.29, 1.82) is 0 Å². The Labute approximate surface area is 175 Å². The van der Waals surface area contributed by atoms with Crippen LogP contribution in [0.3, 0.4) is 0 Å². The predicted octanol–water partition coefficient (Wildman–Crippen LogP) is 3.66. The van der Waals surface area contributed by atoms with Gasteiger partial charge >= 0.3 is 0 Å². The summed E-state index contributed by atoms with van der Waals surface area (Å²) in [6.45, 7) is 1.40. The van der Waals surface area contributed by atoms with E-state index in [1.54, 1.807) is 4.90 Å². The van der Waals surface area contributed by atoms with Crippen LogP contribution in [-0.2, 0) is 22.6 Å². The number of benzene rings is 3. The minimum absolute atomic E-state index is 0.00193. The quantitative estimate of drug-likeness (QED) is 0.630. The van der Waals surface area contributed by atoms with E-state index in [2.05, 4.69) is 12.1 Å². The van der Waals surface area contributed by atoms with E-state index in [1.807, 2.05) is 65.6 Å². The second-order valence-electron chi connectivity index (χ2n) is 7.65. The number of aldehydes is 1. The highest BCUT2D eigenvalue weighted by molar-refractivity contribution is 5.87. The Morgan fingerprint density at radius 2 is 1.73 bits per heavy atom. The Kier molecular flexibility index (Phi) is 4.71. The van der Waals surface area contributed by atoms with Crippen LogP contribution in [-0.4, -0.2) is 36.4 Å². The van der Waals surface area contributed by atoms with Crippen LogP contribution in [0.25, 0.3) is 11.1 Å². The molecule has 0 radical (unpaired) electrons. The van der Waals surface area contributed by atoms with Crippen LogP contribution in [0, 0.1) is 0 Å². The van der Waals surface area contributed by atoms with E-state index in [4.69, 9.17) is 4.74 Å². The zero-order valence-electron chi connectivity index (χ0n) is 16.5. The molecule has 2 heterocycles. The molecule has 0 spiro atoms. The van der Waals surface area contributed by atoms with Gasteiger partial charge in [-0.3, -0.25) is 9.59 Å². The van der Waals surface area contributed by atoms with Crippen LogP contribution in [0.5, 0.6) is 5.75 Å². The topological polar surface area (TPSA) is 49.9 Å². The molecule has 150 valence electrons. The fourth-order valence-electron chi connectivity index (χ4n) is 4.21. The van der Waals surface area contributed by atoms with Crippen LogP contribution in [0.2, 0.25) is 0 Å². The molecule has 1 unspecified atom stereocenters. The molecule has 0 aromatic heterocycles. The first-order valence-electron chi connectivity index (χ1n) is 10.2. The van der Waals surface area contributed by atoms with Gasteiger partial charge in [0.25, 0.3) is 0 Å². The summed E-state index contributed by atoms with van der Waals surface area (Å²) in [5.74, 6) is 0.626. The van der Waals surface area contributed by atoms with Crippen molar-refractivity contribution in [3.63, 3.8) is 0 Å². The Morgan fingerprint density at radius 1 is 0.967 bits per heavy atom. The summed E-state index contributed by atoms with van der Waals surface area (Å²) < 4.78 is 5.79. The molecule has 0 aliphatic carbocycles. The molecule has 0 saturated heterocycles. The van der Waals surface area contributed by atoms with E-state index in [-0.39, 0.29) is 12.5 Å². The van der Waals surface area contributed by atoms with E-state index < -0.39 is 6.23 Å². The average Bonchev–Trinajstić information content (AvgIpc) is 3.16. The van der Waals surface area contributed by atoms with Crippen molar-refractivity contribution < 1.29 is 14.3 Å². The maximum Gasteiger partial charge on any atom is 0.242 e. The van der Waals surface area contributed by atoms with Gasteiger partial charge < -0.3 is 14.5 Å². The van der Waals surface area contributed by atoms with Gasteiger partial charge in [-0.2, -0.15) is 0 Å². The molecule has 5 rings (SSSR count). The van der Waals surface area contributed by atoms with Crippen LogP contribution in [0.15, 0.2) is 72.8 Å². The number of anilines is 1. The lowest BCUT2D eigenvalue weighted by Crippen LogP contribution is -2.46. The minimum Gasteiger partial charge on any atom is -0.461 e. The molecule has 30 heavy (non-hydrogen) atoms. The normalized spacial score (nSPS) is 17.1. The largest absolute Gasteiger partial charge is 0.461 e. The third kappa shape index (κ3) is 3.32. The van der Waals surface area contributed by atoms with Crippen molar-refractivity contribution in [3.05, 3.63) is 83.9 Å². The second-order valence-corrected chi connectivity index (χ2v) is 7.65. The zero-order chi connectivity index (χ0) is 20.5. The standard InChI is InChI=1S/C25H22N2O3/c28-17-25-27(16-24(29)26-13-12-19-8-4-5-9-21(19)15-26)22-14-20(10-11-23(22)30-25)18-6-2-1-3-7-18/h1-11,14,17,25H,12-13,15-16H2. The summed E-state index contributed by atoms with van der Waals surface area (Å²) in [5.41, 5.74) is 5.37. The minimum atomic E-state index is -0.785. The summed E-state index contributed by atoms with van der Waals surface area (Å²) in [6, 6.07) is 24.1. The first kappa shape index (κ1) is 18.4. The molecule has 3 aromatic rings. The Bertz CT molecular complexity index is 1100. The molecular formula is C25H22N2O3. The van der Waals surface area contributed by atoms with Gasteiger partial charge in [-0.05, 0) is 40.8 Å². The van der Waals surface area contributed by atoms with Gasteiger partial charge in [-0.1, -0.05) is 60.7 Å². The highest BCUT2D eigenvalue weighted by atomic mass is 16.5. The lowest BCUT2D eigenvalue weighted by atomic mass is 10.00. The van der Waals surface area contributed by atoms with Crippen molar-refractivity contribution in [1.82, 2.24) is 4.90 Å². The summed E-state index contributed by atoms with van der Waals surface area (Å²) >= 11 is 0. The number of nitrogens with zero attached hydrogens (tertiary/aromatic N) is 2. The molecule has 3 aromatic carbocycles. The molecule has 0 bridgehead atoms. The Morgan fingerprint density at radius 3 is 2.53 bits per heavy atom. The molecule has 0 N–H and O–H groups in total. The van der Waals surface area contributed by atoms with E-state index in [9.17, 15) is 9.59 Å². The predicted molar refractivity (Wildman–Crippen MR) is 115 cm³/mol. The number of rotatable bonds is 4. The summed E-state index contributed by atoms with van der Waals surface area (Å²) in [6.07, 6.45) is 0.817. The molecule has 5 heteroatoms. The molecule has 0 fully saturated rings. The van der Waals surface area contributed by atoms with Gasteiger partial charge in [0.05, 0.1) is 5.69 Å². The SMILES string of the molecule is O=CC1Oc2ccc(-c3ccccc3)cc2N1CC(=O)N1CCc2ccccc2C1. The highest BCUT2D eigenvalue weighted by Gasteiger charge is 2.34. The fourth-order valence-corrected chi connectivity index (χ4v) is 4.21. The average molecular weight is 398 g/mol. The van der Waals surface area contributed by atoms with Gasteiger partial charge in [-0.15, -0.1) is 0 Å². The molecule has 5 nitrogen and oxygen atoms in total. The lowest BCUT2D eigenvalue weighted by molar-refractivity contribution is -0.130. The third-order valence-electron chi connectivity index (χ3n) is 5.84. The Hall–Kier alpha value is -3.60. The maximum atomic E-state index is 13.1. The number of hydrogen-bond acceptors (Lipinski definition) is 4. The van der Waals surface area contributed by atoms with Crippen molar-refractivity contribution in [3.8, 4) is 16.9 Å². The molecule has 2 aliphatic heterocycles. The molecule has 2 aliphatic rings. The molecule has 0 saturated carbocycles. The number of amides is 1. The number of carbonyl (C=O) groups is 2. The van der Waals surface area contributed by atoms with E-state index in [1.165, 1.54) is 11.1 Å². The van der Waals surface area contributed by atoms with Crippen molar-refractivity contribution in [2.75, 3.05) is 18.0 Å². The van der Waals surface area contributed by atoms with Gasteiger partial charge in [0.2, 0.25) is 12.1 Å². The van der Waals surface area contributed by atoms with Crippen LogP contribution < -0.4 is 9.64 Å². The van der Waals surface area contributed by atoms with Crippen LogP contribution in [0.4, 0.5) is 5.69 Å². The van der Waals surface area contributed by atoms with Crippen LogP contribution >= 0.6 is 0 Å². The first-order valence-corrected chi connectivity index (χ1v) is 10.2. The fraction of sp³-hybridized carbons (Fsp3) is 0.200. The highest BCUT2D eigenvalue weighted by Crippen LogP contribution is 2.39. The smallest absolute Gasteiger partial charge is 0.242 e. The summed E-state index contributed by atoms with van der Waals surface area (Å²) in [5, 5.41) is 0. The second kappa shape index (κ2) is 7.67. The number of hydrogen-bond donors (Lipinski definition) is 0. The summed E-state index contributed by atoms with van der Waals surface area (Å²) in [7, 11) is 0. The van der Waals surface area contributed by atoms with Gasteiger partial charge in [0.15, 0.2) is 6.29 Å². The van der Waals surface area contributed by atoms with E-state index in [0.29, 0.717) is 18.8 Å². The molecular weight excluding hydrogens is 376 g/mol. The van der Waals surface area contributed by atoms with Crippen molar-refractivity contribution in [2.45, 2.75) is 19.2 Å². The summed E-state index contributed by atoms with van der Waals surface area (Å²) in [4.78, 5) is 28.4. The molecule has 1 amide bonds.